The molecule has 1 aromatic heterocycles. The van der Waals surface area contributed by atoms with Gasteiger partial charge >= 0.3 is 0 Å². The molecule has 0 fully saturated rings. The molecule has 23 heavy (non-hydrogen) atoms. The van der Waals surface area contributed by atoms with Gasteiger partial charge in [0.05, 0.1) is 21.9 Å². The van der Waals surface area contributed by atoms with Crippen molar-refractivity contribution >= 4 is 34.8 Å². The Labute approximate surface area is 148 Å². The van der Waals surface area contributed by atoms with Crippen molar-refractivity contribution in [3.8, 4) is 17.1 Å². The summed E-state index contributed by atoms with van der Waals surface area (Å²) in [6.45, 7) is 0.349. The molecule has 3 rings (SSSR count). The van der Waals surface area contributed by atoms with Crippen LogP contribution in [-0.4, -0.2) is 9.97 Å². The minimum absolute atomic E-state index is 0.197. The van der Waals surface area contributed by atoms with Crippen LogP contribution in [0.5, 0.6) is 5.88 Å². The molecule has 0 N–H and O–H groups in total. The second-order valence-electron chi connectivity index (χ2n) is 4.73. The minimum Gasteiger partial charge on any atom is -0.471 e. The van der Waals surface area contributed by atoms with Crippen molar-refractivity contribution < 1.29 is 4.74 Å². The van der Waals surface area contributed by atoms with Crippen molar-refractivity contribution in [2.75, 3.05) is 0 Å². The summed E-state index contributed by atoms with van der Waals surface area (Å²) >= 11 is 18.3. The Kier molecular flexibility index (Phi) is 5.01. The molecule has 3 aromatic rings. The van der Waals surface area contributed by atoms with Gasteiger partial charge in [-0.05, 0) is 11.6 Å². The van der Waals surface area contributed by atoms with E-state index in [1.54, 1.807) is 12.1 Å². The number of ether oxygens (including phenoxy) is 1. The summed E-state index contributed by atoms with van der Waals surface area (Å²) < 4.78 is 5.67. The average Bonchev–Trinajstić information content (AvgIpc) is 2.58. The van der Waals surface area contributed by atoms with E-state index < -0.39 is 0 Å². The van der Waals surface area contributed by atoms with E-state index in [0.717, 1.165) is 5.56 Å². The van der Waals surface area contributed by atoms with Gasteiger partial charge in [-0.1, -0.05) is 77.3 Å². The van der Waals surface area contributed by atoms with Crippen LogP contribution in [0.15, 0.2) is 54.7 Å². The Balaban J connectivity index is 1.89. The number of halogens is 3. The van der Waals surface area contributed by atoms with Crippen LogP contribution >= 0.6 is 34.8 Å². The standard InChI is InChI=1S/C17H11Cl3N2O/c18-13-8-4-7-12(15(13)19)14-9-21-16(20)17(22-14)23-10-11-5-2-1-3-6-11/h1-9H,10H2. The second-order valence-corrected chi connectivity index (χ2v) is 5.87. The lowest BCUT2D eigenvalue weighted by molar-refractivity contribution is 0.293. The summed E-state index contributed by atoms with van der Waals surface area (Å²) in [5.74, 6) is 0.254. The van der Waals surface area contributed by atoms with Crippen LogP contribution < -0.4 is 4.74 Å². The Hall–Kier alpha value is -1.81. The third-order valence-electron chi connectivity index (χ3n) is 3.14. The van der Waals surface area contributed by atoms with Gasteiger partial charge in [0.15, 0.2) is 5.15 Å². The van der Waals surface area contributed by atoms with Gasteiger partial charge in [-0.2, -0.15) is 0 Å². The molecule has 0 aliphatic carbocycles. The smallest absolute Gasteiger partial charge is 0.253 e. The van der Waals surface area contributed by atoms with Gasteiger partial charge in [-0.25, -0.2) is 9.97 Å². The van der Waals surface area contributed by atoms with E-state index in [-0.39, 0.29) is 11.0 Å². The minimum atomic E-state index is 0.197. The molecule has 0 unspecified atom stereocenters. The first-order valence-electron chi connectivity index (χ1n) is 6.79. The molecule has 0 amide bonds. The second kappa shape index (κ2) is 7.18. The first kappa shape index (κ1) is 16.1. The number of hydrogen-bond donors (Lipinski definition) is 0. The molecule has 116 valence electrons. The average molecular weight is 366 g/mol. The molecule has 6 heteroatoms. The van der Waals surface area contributed by atoms with Gasteiger partial charge < -0.3 is 4.74 Å². The highest BCUT2D eigenvalue weighted by molar-refractivity contribution is 6.43. The third-order valence-corrected chi connectivity index (χ3v) is 4.22. The van der Waals surface area contributed by atoms with Crippen LogP contribution in [0.3, 0.4) is 0 Å². The quantitative estimate of drug-likeness (QED) is 0.596. The Morgan fingerprint density at radius 2 is 1.70 bits per heavy atom. The summed E-state index contributed by atoms with van der Waals surface area (Å²) in [6.07, 6.45) is 1.54. The van der Waals surface area contributed by atoms with Crippen molar-refractivity contribution in [1.82, 2.24) is 9.97 Å². The first-order valence-corrected chi connectivity index (χ1v) is 7.92. The van der Waals surface area contributed by atoms with E-state index in [1.807, 2.05) is 36.4 Å². The van der Waals surface area contributed by atoms with E-state index >= 15 is 0 Å². The van der Waals surface area contributed by atoms with Crippen LogP contribution in [-0.2, 0) is 6.61 Å². The highest BCUT2D eigenvalue weighted by Gasteiger charge is 2.12. The molecule has 0 aliphatic heterocycles. The van der Waals surface area contributed by atoms with Crippen LogP contribution in [0.2, 0.25) is 15.2 Å². The zero-order valence-electron chi connectivity index (χ0n) is 11.8. The number of hydrogen-bond acceptors (Lipinski definition) is 3. The van der Waals surface area contributed by atoms with Crippen molar-refractivity contribution in [2.45, 2.75) is 6.61 Å². The van der Waals surface area contributed by atoms with Gasteiger partial charge in [0.1, 0.15) is 6.61 Å². The van der Waals surface area contributed by atoms with E-state index in [9.17, 15) is 0 Å². The van der Waals surface area contributed by atoms with Gasteiger partial charge in [0, 0.05) is 5.56 Å². The van der Waals surface area contributed by atoms with Gasteiger partial charge in [-0.3, -0.25) is 0 Å². The van der Waals surface area contributed by atoms with Crippen molar-refractivity contribution in [2.24, 2.45) is 0 Å². The fourth-order valence-corrected chi connectivity index (χ4v) is 2.55. The highest BCUT2D eigenvalue weighted by Crippen LogP contribution is 2.34. The maximum Gasteiger partial charge on any atom is 0.253 e. The normalized spacial score (nSPS) is 10.6. The van der Waals surface area contributed by atoms with Gasteiger partial charge in [-0.15, -0.1) is 0 Å². The summed E-state index contributed by atoms with van der Waals surface area (Å²) in [4.78, 5) is 8.51. The topological polar surface area (TPSA) is 35.0 Å². The Morgan fingerprint density at radius 1 is 0.913 bits per heavy atom. The molecule has 0 saturated heterocycles. The lowest BCUT2D eigenvalue weighted by atomic mass is 10.1. The summed E-state index contributed by atoms with van der Waals surface area (Å²) in [5, 5.41) is 1.07. The van der Waals surface area contributed by atoms with Gasteiger partial charge in [0.25, 0.3) is 5.88 Å². The molecule has 0 bridgehead atoms. The molecule has 3 nitrogen and oxygen atoms in total. The van der Waals surface area contributed by atoms with Crippen molar-refractivity contribution in [1.29, 1.82) is 0 Å². The van der Waals surface area contributed by atoms with E-state index in [1.165, 1.54) is 6.20 Å². The van der Waals surface area contributed by atoms with Crippen molar-refractivity contribution in [3.63, 3.8) is 0 Å². The first-order chi connectivity index (χ1) is 11.1. The zero-order valence-corrected chi connectivity index (χ0v) is 14.1. The van der Waals surface area contributed by atoms with Crippen molar-refractivity contribution in [3.05, 3.63) is 75.5 Å². The fourth-order valence-electron chi connectivity index (χ4n) is 2.01. The molecule has 0 atom stereocenters. The van der Waals surface area contributed by atoms with Crippen LogP contribution in [0, 0.1) is 0 Å². The summed E-state index contributed by atoms with van der Waals surface area (Å²) in [7, 11) is 0. The van der Waals surface area contributed by atoms with Crippen LogP contribution in [0.25, 0.3) is 11.3 Å². The summed E-state index contributed by atoms with van der Waals surface area (Å²) in [6, 6.07) is 15.1. The maximum absolute atomic E-state index is 6.22. The number of rotatable bonds is 4. The molecule has 0 aliphatic rings. The highest BCUT2D eigenvalue weighted by atomic mass is 35.5. The van der Waals surface area contributed by atoms with Crippen LogP contribution in [0.4, 0.5) is 0 Å². The fraction of sp³-hybridized carbons (Fsp3) is 0.0588. The zero-order chi connectivity index (χ0) is 16.2. The lowest BCUT2D eigenvalue weighted by Crippen LogP contribution is -2.00. The van der Waals surface area contributed by atoms with Crippen LogP contribution in [0.1, 0.15) is 5.56 Å². The molecule has 0 saturated carbocycles. The molecular formula is C17H11Cl3N2O. The third kappa shape index (κ3) is 3.75. The SMILES string of the molecule is Clc1cccc(-c2cnc(Cl)c(OCc3ccccc3)n2)c1Cl. The molecule has 1 heterocycles. The monoisotopic (exact) mass is 364 g/mol. The molecule has 0 spiro atoms. The predicted molar refractivity (Wildman–Crippen MR) is 93.3 cm³/mol. The van der Waals surface area contributed by atoms with E-state index in [2.05, 4.69) is 9.97 Å². The van der Waals surface area contributed by atoms with Gasteiger partial charge in [0.2, 0.25) is 0 Å². The number of nitrogens with zero attached hydrogens (tertiary/aromatic N) is 2. The van der Waals surface area contributed by atoms with E-state index in [4.69, 9.17) is 39.5 Å². The molecule has 2 aromatic carbocycles. The lowest BCUT2D eigenvalue weighted by Gasteiger charge is -2.09. The molecular weight excluding hydrogens is 355 g/mol. The Morgan fingerprint density at radius 3 is 2.48 bits per heavy atom. The predicted octanol–water partition coefficient (Wildman–Crippen LogP) is 5.68. The maximum atomic E-state index is 6.22. The number of benzene rings is 2. The van der Waals surface area contributed by atoms with E-state index in [0.29, 0.717) is 27.9 Å². The largest absolute Gasteiger partial charge is 0.471 e. The molecule has 0 radical (unpaired) electrons. The summed E-state index contributed by atoms with van der Waals surface area (Å²) in [5.41, 5.74) is 2.23. The number of aromatic nitrogens is 2. The Bertz CT molecular complexity index is 825.